The van der Waals surface area contributed by atoms with Gasteiger partial charge in [-0.2, -0.15) is 0 Å². The molecule has 1 aromatic rings. The third kappa shape index (κ3) is 1.46. The fourth-order valence-corrected chi connectivity index (χ4v) is 3.22. The van der Waals surface area contributed by atoms with Crippen LogP contribution in [0.3, 0.4) is 0 Å². The standard InChI is InChI=1S/C10H11NO3S/c12-10(13)9-11-7(4-15-9)6-3-5-1-2-8(6)14-5/h4-6,8H,1-3H2,(H,12,13). The van der Waals surface area contributed by atoms with Gasteiger partial charge in [-0.15, -0.1) is 11.3 Å². The van der Waals surface area contributed by atoms with E-state index in [0.717, 1.165) is 25.0 Å². The van der Waals surface area contributed by atoms with Gasteiger partial charge in [0.2, 0.25) is 5.01 Å². The Morgan fingerprint density at radius 3 is 3.00 bits per heavy atom. The Balaban J connectivity index is 1.84. The maximum absolute atomic E-state index is 10.7. The first-order valence-electron chi connectivity index (χ1n) is 5.08. The van der Waals surface area contributed by atoms with E-state index in [2.05, 4.69) is 4.98 Å². The number of rotatable bonds is 2. The van der Waals surface area contributed by atoms with Crippen LogP contribution in [-0.2, 0) is 4.74 Å². The molecule has 2 fully saturated rings. The Morgan fingerprint density at radius 1 is 1.60 bits per heavy atom. The maximum atomic E-state index is 10.7. The zero-order chi connectivity index (χ0) is 10.4. The Hall–Kier alpha value is -0.940. The molecule has 3 rings (SSSR count). The third-order valence-corrected chi connectivity index (χ3v) is 4.04. The summed E-state index contributed by atoms with van der Waals surface area (Å²) in [5.74, 6) is -0.608. The van der Waals surface area contributed by atoms with Gasteiger partial charge in [0, 0.05) is 11.3 Å². The maximum Gasteiger partial charge on any atom is 0.365 e. The first-order valence-corrected chi connectivity index (χ1v) is 5.96. The average molecular weight is 225 g/mol. The second-order valence-corrected chi connectivity index (χ2v) is 4.96. The summed E-state index contributed by atoms with van der Waals surface area (Å²) >= 11 is 1.21. The summed E-state index contributed by atoms with van der Waals surface area (Å²) in [6, 6.07) is 0. The van der Waals surface area contributed by atoms with Crippen LogP contribution in [0.5, 0.6) is 0 Å². The molecule has 0 saturated carbocycles. The molecule has 3 heterocycles. The lowest BCUT2D eigenvalue weighted by atomic mass is 9.87. The Labute approximate surface area is 90.9 Å². The topological polar surface area (TPSA) is 59.4 Å². The quantitative estimate of drug-likeness (QED) is 0.834. The van der Waals surface area contributed by atoms with Crippen LogP contribution in [-0.4, -0.2) is 28.3 Å². The third-order valence-electron chi connectivity index (χ3n) is 3.19. The number of aromatic carboxylic acids is 1. The van der Waals surface area contributed by atoms with Crippen LogP contribution in [0.2, 0.25) is 0 Å². The summed E-state index contributed by atoms with van der Waals surface area (Å²) in [5, 5.41) is 10.8. The van der Waals surface area contributed by atoms with E-state index in [-0.39, 0.29) is 11.1 Å². The molecule has 5 heteroatoms. The van der Waals surface area contributed by atoms with Gasteiger partial charge in [-0.05, 0) is 19.3 Å². The molecule has 1 N–H and O–H groups in total. The highest BCUT2D eigenvalue weighted by atomic mass is 32.1. The largest absolute Gasteiger partial charge is 0.476 e. The van der Waals surface area contributed by atoms with Gasteiger partial charge in [0.15, 0.2) is 0 Å². The smallest absolute Gasteiger partial charge is 0.365 e. The molecule has 2 bridgehead atoms. The van der Waals surface area contributed by atoms with Crippen molar-refractivity contribution in [1.82, 2.24) is 4.98 Å². The van der Waals surface area contributed by atoms with Crippen LogP contribution in [0, 0.1) is 0 Å². The summed E-state index contributed by atoms with van der Waals surface area (Å²) in [6.07, 6.45) is 3.91. The van der Waals surface area contributed by atoms with Gasteiger partial charge < -0.3 is 9.84 Å². The van der Waals surface area contributed by atoms with E-state index in [1.807, 2.05) is 5.38 Å². The molecule has 0 aromatic carbocycles. The van der Waals surface area contributed by atoms with Crippen molar-refractivity contribution in [3.8, 4) is 0 Å². The summed E-state index contributed by atoms with van der Waals surface area (Å²) in [4.78, 5) is 14.9. The first kappa shape index (κ1) is 9.30. The number of carboxylic acids is 1. The van der Waals surface area contributed by atoms with Gasteiger partial charge in [0.05, 0.1) is 17.9 Å². The molecule has 2 aliphatic heterocycles. The van der Waals surface area contributed by atoms with Gasteiger partial charge in [-0.25, -0.2) is 9.78 Å². The summed E-state index contributed by atoms with van der Waals surface area (Å²) in [5.41, 5.74) is 0.907. The van der Waals surface area contributed by atoms with E-state index in [4.69, 9.17) is 9.84 Å². The van der Waals surface area contributed by atoms with E-state index in [1.165, 1.54) is 11.3 Å². The normalized spacial score (nSPS) is 33.5. The number of hydrogen-bond acceptors (Lipinski definition) is 4. The predicted molar refractivity (Wildman–Crippen MR) is 54.3 cm³/mol. The van der Waals surface area contributed by atoms with Crippen LogP contribution in [0.1, 0.15) is 40.7 Å². The van der Waals surface area contributed by atoms with Crippen LogP contribution in [0.25, 0.3) is 0 Å². The zero-order valence-corrected chi connectivity index (χ0v) is 8.87. The van der Waals surface area contributed by atoms with Gasteiger partial charge in [-0.1, -0.05) is 0 Å². The minimum Gasteiger partial charge on any atom is -0.476 e. The zero-order valence-electron chi connectivity index (χ0n) is 8.05. The molecular weight excluding hydrogens is 214 g/mol. The number of aromatic nitrogens is 1. The van der Waals surface area contributed by atoms with E-state index in [0.29, 0.717) is 12.0 Å². The molecule has 15 heavy (non-hydrogen) atoms. The minimum atomic E-state index is -0.935. The van der Waals surface area contributed by atoms with Crippen molar-refractivity contribution in [3.63, 3.8) is 0 Å². The molecule has 0 amide bonds. The molecular formula is C10H11NO3S. The predicted octanol–water partition coefficient (Wildman–Crippen LogP) is 1.88. The number of thiazole rings is 1. The van der Waals surface area contributed by atoms with E-state index in [9.17, 15) is 4.79 Å². The first-order chi connectivity index (χ1) is 7.24. The fourth-order valence-electron chi connectivity index (χ4n) is 2.50. The number of carbonyl (C=O) groups is 1. The lowest BCUT2D eigenvalue weighted by Crippen LogP contribution is -2.14. The molecule has 3 atom stereocenters. The summed E-state index contributed by atoms with van der Waals surface area (Å²) < 4.78 is 5.73. The van der Waals surface area contributed by atoms with Crippen molar-refractivity contribution in [2.45, 2.75) is 37.4 Å². The van der Waals surface area contributed by atoms with Crippen molar-refractivity contribution in [2.75, 3.05) is 0 Å². The molecule has 3 unspecified atom stereocenters. The monoisotopic (exact) mass is 225 g/mol. The lowest BCUT2D eigenvalue weighted by molar-refractivity contribution is 0.0695. The highest BCUT2D eigenvalue weighted by molar-refractivity contribution is 7.11. The number of nitrogens with zero attached hydrogens (tertiary/aromatic N) is 1. The van der Waals surface area contributed by atoms with E-state index < -0.39 is 5.97 Å². The Kier molecular flexibility index (Phi) is 2.03. The van der Waals surface area contributed by atoms with Crippen LogP contribution >= 0.6 is 11.3 Å². The number of hydrogen-bond donors (Lipinski definition) is 1. The van der Waals surface area contributed by atoms with Crippen molar-refractivity contribution in [3.05, 3.63) is 16.1 Å². The molecule has 2 saturated heterocycles. The van der Waals surface area contributed by atoms with E-state index in [1.54, 1.807) is 0 Å². The summed E-state index contributed by atoms with van der Waals surface area (Å²) in [7, 11) is 0. The number of fused-ring (bicyclic) bond motifs is 2. The fraction of sp³-hybridized carbons (Fsp3) is 0.600. The molecule has 80 valence electrons. The molecule has 1 aromatic heterocycles. The summed E-state index contributed by atoms with van der Waals surface area (Å²) in [6.45, 7) is 0. The minimum absolute atomic E-state index is 0.188. The average Bonchev–Trinajstić information content (AvgIpc) is 2.93. The van der Waals surface area contributed by atoms with Crippen LogP contribution < -0.4 is 0 Å². The second-order valence-electron chi connectivity index (χ2n) is 4.10. The number of ether oxygens (including phenoxy) is 1. The SMILES string of the molecule is O=C(O)c1nc(C2CC3CCC2O3)cs1. The highest BCUT2D eigenvalue weighted by Crippen LogP contribution is 2.44. The molecule has 0 radical (unpaired) electrons. The van der Waals surface area contributed by atoms with Crippen molar-refractivity contribution < 1.29 is 14.6 Å². The van der Waals surface area contributed by atoms with Crippen LogP contribution in [0.15, 0.2) is 5.38 Å². The van der Waals surface area contributed by atoms with E-state index >= 15 is 0 Å². The van der Waals surface area contributed by atoms with Gasteiger partial charge in [0.25, 0.3) is 0 Å². The van der Waals surface area contributed by atoms with Gasteiger partial charge in [-0.3, -0.25) is 0 Å². The highest BCUT2D eigenvalue weighted by Gasteiger charge is 2.42. The molecule has 0 aliphatic carbocycles. The van der Waals surface area contributed by atoms with Crippen molar-refractivity contribution >= 4 is 17.3 Å². The second kappa shape index (κ2) is 3.28. The number of carboxylic acid groups (broad SMARTS) is 1. The van der Waals surface area contributed by atoms with Crippen LogP contribution in [0.4, 0.5) is 0 Å². The Morgan fingerprint density at radius 2 is 2.47 bits per heavy atom. The molecule has 0 spiro atoms. The van der Waals surface area contributed by atoms with Crippen molar-refractivity contribution in [1.29, 1.82) is 0 Å². The van der Waals surface area contributed by atoms with Crippen molar-refractivity contribution in [2.24, 2.45) is 0 Å². The molecule has 4 nitrogen and oxygen atoms in total. The Bertz CT molecular complexity index is 403. The molecule has 2 aliphatic rings. The van der Waals surface area contributed by atoms with Gasteiger partial charge >= 0.3 is 5.97 Å². The van der Waals surface area contributed by atoms with Gasteiger partial charge in [0.1, 0.15) is 0 Å². The lowest BCUT2D eigenvalue weighted by Gasteiger charge is -2.15.